The Morgan fingerprint density at radius 3 is 2.65 bits per heavy atom. The van der Waals surface area contributed by atoms with Gasteiger partial charge in [0.25, 0.3) is 0 Å². The molecule has 1 aromatic rings. The molecule has 2 unspecified atom stereocenters. The van der Waals surface area contributed by atoms with Gasteiger partial charge in [-0.2, -0.15) is 0 Å². The van der Waals surface area contributed by atoms with E-state index in [-0.39, 0.29) is 17.6 Å². The van der Waals surface area contributed by atoms with Crippen molar-refractivity contribution in [2.24, 2.45) is 0 Å². The second-order valence-electron chi connectivity index (χ2n) is 4.44. The minimum atomic E-state index is -0.498. The molecule has 0 spiro atoms. The van der Waals surface area contributed by atoms with Crippen LogP contribution >= 0.6 is 0 Å². The Hall–Kier alpha value is -1.00. The summed E-state index contributed by atoms with van der Waals surface area (Å²) in [5.74, 6) is -0.997. The van der Waals surface area contributed by atoms with Crippen molar-refractivity contribution in [3.8, 4) is 0 Å². The van der Waals surface area contributed by atoms with Gasteiger partial charge in [-0.25, -0.2) is 8.78 Å². The van der Waals surface area contributed by atoms with Gasteiger partial charge in [0.05, 0.1) is 6.61 Å². The van der Waals surface area contributed by atoms with Gasteiger partial charge in [-0.05, 0) is 31.9 Å². The van der Waals surface area contributed by atoms with E-state index in [2.05, 4.69) is 5.32 Å². The molecule has 4 heteroatoms. The maximum absolute atomic E-state index is 13.5. The maximum atomic E-state index is 13.5. The van der Waals surface area contributed by atoms with Crippen LogP contribution in [0.3, 0.4) is 0 Å². The lowest BCUT2D eigenvalue weighted by atomic mass is 10.0. The van der Waals surface area contributed by atoms with E-state index in [0.29, 0.717) is 6.61 Å². The van der Waals surface area contributed by atoms with E-state index in [1.807, 2.05) is 0 Å². The van der Waals surface area contributed by atoms with Gasteiger partial charge in [0.1, 0.15) is 11.6 Å². The summed E-state index contributed by atoms with van der Waals surface area (Å²) in [6.45, 7) is 3.16. The van der Waals surface area contributed by atoms with Crippen LogP contribution < -0.4 is 5.32 Å². The second kappa shape index (κ2) is 5.56. The van der Waals surface area contributed by atoms with E-state index in [1.54, 1.807) is 6.92 Å². The Bertz CT molecular complexity index is 357. The van der Waals surface area contributed by atoms with Crippen molar-refractivity contribution < 1.29 is 13.5 Å². The molecule has 0 aromatic heterocycles. The van der Waals surface area contributed by atoms with Crippen molar-refractivity contribution in [2.75, 3.05) is 13.2 Å². The smallest absolute Gasteiger partial charge is 0.130 e. The van der Waals surface area contributed by atoms with Crippen molar-refractivity contribution in [3.05, 3.63) is 35.4 Å². The monoisotopic (exact) mass is 241 g/mol. The molecular formula is C13H17F2NO. The number of hydrogen-bond donors (Lipinski definition) is 1. The molecule has 1 N–H and O–H groups in total. The number of ether oxygens (including phenoxy) is 1. The molecule has 0 bridgehead atoms. The molecule has 17 heavy (non-hydrogen) atoms. The van der Waals surface area contributed by atoms with Gasteiger partial charge in [-0.15, -0.1) is 0 Å². The fraction of sp³-hybridized carbons (Fsp3) is 0.538. The SMILES string of the molecule is CC(NC1CCCOC1)c1c(F)cccc1F. The molecule has 1 heterocycles. The zero-order valence-corrected chi connectivity index (χ0v) is 9.88. The quantitative estimate of drug-likeness (QED) is 0.878. The van der Waals surface area contributed by atoms with Gasteiger partial charge >= 0.3 is 0 Å². The van der Waals surface area contributed by atoms with Crippen LogP contribution in [0.2, 0.25) is 0 Å². The van der Waals surface area contributed by atoms with E-state index in [4.69, 9.17) is 4.74 Å². The number of hydrogen-bond acceptors (Lipinski definition) is 2. The van der Waals surface area contributed by atoms with Gasteiger partial charge < -0.3 is 10.1 Å². The first-order chi connectivity index (χ1) is 8.18. The van der Waals surface area contributed by atoms with E-state index in [0.717, 1.165) is 19.4 Å². The summed E-state index contributed by atoms with van der Waals surface area (Å²) < 4.78 is 32.4. The molecule has 2 atom stereocenters. The number of halogens is 2. The summed E-state index contributed by atoms with van der Waals surface area (Å²) >= 11 is 0. The van der Waals surface area contributed by atoms with Crippen LogP contribution in [0.15, 0.2) is 18.2 Å². The Balaban J connectivity index is 2.05. The molecule has 1 aliphatic heterocycles. The Kier molecular flexibility index (Phi) is 4.07. The normalized spacial score (nSPS) is 22.4. The summed E-state index contributed by atoms with van der Waals surface area (Å²) in [6, 6.07) is 3.78. The molecule has 1 fully saturated rings. The number of benzene rings is 1. The summed E-state index contributed by atoms with van der Waals surface area (Å²) in [6.07, 6.45) is 1.98. The topological polar surface area (TPSA) is 21.3 Å². The van der Waals surface area contributed by atoms with Crippen molar-refractivity contribution in [2.45, 2.75) is 31.8 Å². The molecule has 2 nitrogen and oxygen atoms in total. The second-order valence-corrected chi connectivity index (χ2v) is 4.44. The molecule has 0 saturated carbocycles. The molecule has 0 aliphatic carbocycles. The summed E-state index contributed by atoms with van der Waals surface area (Å²) in [5, 5.41) is 3.21. The standard InChI is InChI=1S/C13H17F2NO/c1-9(16-10-4-3-7-17-8-10)13-11(14)5-2-6-12(13)15/h2,5-6,9-10,16H,3-4,7-8H2,1H3. The highest BCUT2D eigenvalue weighted by Gasteiger charge is 2.20. The van der Waals surface area contributed by atoms with Crippen molar-refractivity contribution in [1.82, 2.24) is 5.32 Å². The minimum absolute atomic E-state index is 0.109. The molecule has 1 aromatic carbocycles. The molecular weight excluding hydrogens is 224 g/mol. The van der Waals surface area contributed by atoms with E-state index < -0.39 is 11.6 Å². The lowest BCUT2D eigenvalue weighted by molar-refractivity contribution is 0.0667. The highest BCUT2D eigenvalue weighted by molar-refractivity contribution is 5.22. The average Bonchev–Trinajstić information content (AvgIpc) is 2.30. The largest absolute Gasteiger partial charge is 0.380 e. The van der Waals surface area contributed by atoms with Crippen LogP contribution in [0.4, 0.5) is 8.78 Å². The summed E-state index contributed by atoms with van der Waals surface area (Å²) in [5.41, 5.74) is 0.109. The molecule has 0 radical (unpaired) electrons. The van der Waals surface area contributed by atoms with Gasteiger partial charge in [0, 0.05) is 24.3 Å². The zero-order chi connectivity index (χ0) is 12.3. The van der Waals surface area contributed by atoms with Crippen molar-refractivity contribution >= 4 is 0 Å². The molecule has 94 valence electrons. The third kappa shape index (κ3) is 3.01. The highest BCUT2D eigenvalue weighted by atomic mass is 19.1. The van der Waals surface area contributed by atoms with Gasteiger partial charge in [0.2, 0.25) is 0 Å². The third-order valence-electron chi connectivity index (χ3n) is 3.08. The van der Waals surface area contributed by atoms with E-state index in [1.165, 1.54) is 18.2 Å². The molecule has 1 saturated heterocycles. The maximum Gasteiger partial charge on any atom is 0.130 e. The predicted molar refractivity (Wildman–Crippen MR) is 61.7 cm³/mol. The van der Waals surface area contributed by atoms with Crippen LogP contribution in [0.5, 0.6) is 0 Å². The summed E-state index contributed by atoms with van der Waals surface area (Å²) in [7, 11) is 0. The Morgan fingerprint density at radius 2 is 2.06 bits per heavy atom. The van der Waals surface area contributed by atoms with Crippen LogP contribution in [0, 0.1) is 11.6 Å². The van der Waals surface area contributed by atoms with Crippen molar-refractivity contribution in [1.29, 1.82) is 0 Å². The summed E-state index contributed by atoms with van der Waals surface area (Å²) in [4.78, 5) is 0. The number of rotatable bonds is 3. The average molecular weight is 241 g/mol. The Labute approximate surface area is 100.0 Å². The first kappa shape index (κ1) is 12.5. The Morgan fingerprint density at radius 1 is 1.35 bits per heavy atom. The van der Waals surface area contributed by atoms with Crippen LogP contribution in [0.25, 0.3) is 0 Å². The molecule has 1 aliphatic rings. The first-order valence-electron chi connectivity index (χ1n) is 5.96. The fourth-order valence-electron chi connectivity index (χ4n) is 2.23. The van der Waals surface area contributed by atoms with Crippen LogP contribution in [-0.4, -0.2) is 19.3 Å². The first-order valence-corrected chi connectivity index (χ1v) is 5.96. The zero-order valence-electron chi connectivity index (χ0n) is 9.88. The van der Waals surface area contributed by atoms with Crippen molar-refractivity contribution in [3.63, 3.8) is 0 Å². The fourth-order valence-corrected chi connectivity index (χ4v) is 2.23. The van der Waals surface area contributed by atoms with Gasteiger partial charge in [-0.1, -0.05) is 6.07 Å². The minimum Gasteiger partial charge on any atom is -0.380 e. The lowest BCUT2D eigenvalue weighted by Crippen LogP contribution is -2.38. The van der Waals surface area contributed by atoms with E-state index >= 15 is 0 Å². The van der Waals surface area contributed by atoms with Crippen LogP contribution in [-0.2, 0) is 4.74 Å². The van der Waals surface area contributed by atoms with Gasteiger partial charge in [-0.3, -0.25) is 0 Å². The number of nitrogens with one attached hydrogen (secondary N) is 1. The third-order valence-corrected chi connectivity index (χ3v) is 3.08. The molecule has 2 rings (SSSR count). The predicted octanol–water partition coefficient (Wildman–Crippen LogP) is 2.79. The lowest BCUT2D eigenvalue weighted by Gasteiger charge is -2.27. The van der Waals surface area contributed by atoms with Gasteiger partial charge in [0.15, 0.2) is 0 Å². The van der Waals surface area contributed by atoms with E-state index in [9.17, 15) is 8.78 Å². The highest BCUT2D eigenvalue weighted by Crippen LogP contribution is 2.21. The van der Waals surface area contributed by atoms with Crippen LogP contribution in [0.1, 0.15) is 31.4 Å². The molecule has 0 amide bonds.